The van der Waals surface area contributed by atoms with E-state index in [1.54, 1.807) is 29.3 Å². The molecule has 0 spiro atoms. The Morgan fingerprint density at radius 3 is 2.66 bits per heavy atom. The number of fused-ring (bicyclic) bond motifs is 1. The minimum atomic E-state index is -0.698. The molecule has 3 heterocycles. The van der Waals surface area contributed by atoms with Crippen molar-refractivity contribution in [2.45, 2.75) is 25.8 Å². The van der Waals surface area contributed by atoms with E-state index < -0.39 is 17.2 Å². The molecule has 0 unspecified atom stereocenters. The first-order chi connectivity index (χ1) is 16.9. The molecule has 5 rings (SSSR count). The van der Waals surface area contributed by atoms with Crippen molar-refractivity contribution in [1.82, 2.24) is 25.1 Å². The lowest BCUT2D eigenvalue weighted by atomic mass is 10.1. The Hall–Kier alpha value is -3.95. The number of urea groups is 1. The fourth-order valence-corrected chi connectivity index (χ4v) is 4.34. The van der Waals surface area contributed by atoms with Crippen molar-refractivity contribution in [3.05, 3.63) is 69.4 Å². The topological polar surface area (TPSA) is 117 Å². The maximum atomic E-state index is 13.4. The quantitative estimate of drug-likeness (QED) is 0.457. The van der Waals surface area contributed by atoms with Crippen molar-refractivity contribution >= 4 is 23.0 Å². The van der Waals surface area contributed by atoms with Crippen LogP contribution in [0.15, 0.2) is 41.3 Å². The summed E-state index contributed by atoms with van der Waals surface area (Å²) in [5.41, 5.74) is 1.41. The first-order valence-corrected chi connectivity index (χ1v) is 11.7. The molecule has 1 aromatic carbocycles. The van der Waals surface area contributed by atoms with Crippen molar-refractivity contribution in [1.29, 1.82) is 0 Å². The molecule has 3 N–H and O–H groups in total. The van der Waals surface area contributed by atoms with Gasteiger partial charge < -0.3 is 25.2 Å². The summed E-state index contributed by atoms with van der Waals surface area (Å²) in [6.45, 7) is 1.99. The second-order valence-electron chi connectivity index (χ2n) is 9.07. The van der Waals surface area contributed by atoms with E-state index in [1.165, 1.54) is 16.7 Å². The lowest BCUT2D eigenvalue weighted by Crippen LogP contribution is -2.39. The number of aromatic nitrogens is 2. The Morgan fingerprint density at radius 2 is 1.97 bits per heavy atom. The summed E-state index contributed by atoms with van der Waals surface area (Å²) >= 11 is 0. The van der Waals surface area contributed by atoms with E-state index in [2.05, 4.69) is 15.6 Å². The third kappa shape index (κ3) is 4.82. The minimum absolute atomic E-state index is 0.149. The first-order valence-electron chi connectivity index (χ1n) is 11.7. The molecule has 1 saturated heterocycles. The number of rotatable bonds is 8. The van der Waals surface area contributed by atoms with Crippen LogP contribution < -0.4 is 16.2 Å². The van der Waals surface area contributed by atoms with Crippen LogP contribution in [-0.2, 0) is 13.0 Å². The van der Waals surface area contributed by atoms with Gasteiger partial charge in [0.05, 0.1) is 5.52 Å². The first kappa shape index (κ1) is 22.8. The molecule has 1 aliphatic heterocycles. The number of pyridine rings is 2. The summed E-state index contributed by atoms with van der Waals surface area (Å²) < 4.78 is 14.8. The third-order valence-electron chi connectivity index (χ3n) is 6.43. The maximum absolute atomic E-state index is 13.4. The van der Waals surface area contributed by atoms with Gasteiger partial charge in [0.25, 0.3) is 11.5 Å². The monoisotopic (exact) mass is 479 g/mol. The molecule has 2 fully saturated rings. The lowest BCUT2D eigenvalue weighted by Gasteiger charge is -2.17. The highest BCUT2D eigenvalue weighted by Gasteiger charge is 2.28. The zero-order valence-electron chi connectivity index (χ0n) is 19.1. The number of halogens is 1. The standard InChI is InChI=1S/C25H26FN5O4/c26-18-5-3-15(4-6-18)11-17-12-19-21(29-13-17)22(32)20(24(34)31(19)14-16-1-2-16)23(33)27-7-9-30-10-8-28-25(30)35/h3-6,12-13,16,32H,1-2,7-11,14H2,(H,27,33)(H,28,35). The van der Waals surface area contributed by atoms with Gasteiger partial charge in [-0.3, -0.25) is 14.6 Å². The largest absolute Gasteiger partial charge is 0.505 e. The van der Waals surface area contributed by atoms with Crippen LogP contribution in [0.3, 0.4) is 0 Å². The number of aromatic hydroxyl groups is 1. The molecule has 10 heteroatoms. The summed E-state index contributed by atoms with van der Waals surface area (Å²) in [5.74, 6) is -1.13. The molecule has 182 valence electrons. The smallest absolute Gasteiger partial charge is 0.317 e. The normalized spacial score (nSPS) is 15.5. The lowest BCUT2D eigenvalue weighted by molar-refractivity contribution is 0.0945. The SMILES string of the molecule is O=C(NCCN1CCNC1=O)c1c(O)c2ncc(Cc3ccc(F)cc3)cc2n(CC2CC2)c1=O. The van der Waals surface area contributed by atoms with E-state index in [1.807, 2.05) is 0 Å². The molecule has 0 radical (unpaired) electrons. The minimum Gasteiger partial charge on any atom is -0.505 e. The molecule has 0 bridgehead atoms. The van der Waals surface area contributed by atoms with Crippen LogP contribution in [0.2, 0.25) is 0 Å². The van der Waals surface area contributed by atoms with Crippen molar-refractivity contribution in [2.75, 3.05) is 26.2 Å². The Balaban J connectivity index is 1.45. The van der Waals surface area contributed by atoms with Gasteiger partial charge in [-0.1, -0.05) is 12.1 Å². The molecule has 9 nitrogen and oxygen atoms in total. The number of hydrogen-bond donors (Lipinski definition) is 3. The van der Waals surface area contributed by atoms with Gasteiger partial charge in [-0.15, -0.1) is 0 Å². The highest BCUT2D eigenvalue weighted by Crippen LogP contribution is 2.33. The van der Waals surface area contributed by atoms with Gasteiger partial charge in [0, 0.05) is 38.9 Å². The van der Waals surface area contributed by atoms with Gasteiger partial charge in [0.2, 0.25) is 0 Å². The zero-order valence-corrected chi connectivity index (χ0v) is 19.1. The van der Waals surface area contributed by atoms with Gasteiger partial charge in [-0.2, -0.15) is 0 Å². The number of benzene rings is 1. The van der Waals surface area contributed by atoms with Crippen LogP contribution in [0.5, 0.6) is 5.75 Å². The number of carbonyl (C=O) groups is 2. The predicted molar refractivity (Wildman–Crippen MR) is 127 cm³/mol. The summed E-state index contributed by atoms with van der Waals surface area (Å²) in [6.07, 6.45) is 4.06. The Morgan fingerprint density at radius 1 is 1.20 bits per heavy atom. The number of nitrogens with one attached hydrogen (secondary N) is 2. The predicted octanol–water partition coefficient (Wildman–Crippen LogP) is 2.00. The van der Waals surface area contributed by atoms with Crippen LogP contribution in [0.25, 0.3) is 11.0 Å². The van der Waals surface area contributed by atoms with E-state index in [0.29, 0.717) is 44.0 Å². The second-order valence-corrected chi connectivity index (χ2v) is 9.07. The number of carbonyl (C=O) groups excluding carboxylic acids is 2. The van der Waals surface area contributed by atoms with E-state index in [-0.39, 0.29) is 29.5 Å². The average Bonchev–Trinajstić information content (AvgIpc) is 3.58. The Kier molecular flexibility index (Phi) is 6.10. The van der Waals surface area contributed by atoms with Gasteiger partial charge in [-0.25, -0.2) is 9.18 Å². The molecular formula is C25H26FN5O4. The number of nitrogens with zero attached hydrogens (tertiary/aromatic N) is 3. The van der Waals surface area contributed by atoms with Crippen molar-refractivity contribution in [3.8, 4) is 5.75 Å². The molecule has 3 amide bonds. The number of amides is 3. The van der Waals surface area contributed by atoms with E-state index in [9.17, 15) is 23.9 Å². The van der Waals surface area contributed by atoms with Crippen molar-refractivity contribution < 1.29 is 19.1 Å². The highest BCUT2D eigenvalue weighted by molar-refractivity contribution is 6.01. The molecule has 0 atom stereocenters. The fraction of sp³-hybridized carbons (Fsp3) is 0.360. The van der Waals surface area contributed by atoms with Crippen molar-refractivity contribution in [3.63, 3.8) is 0 Å². The van der Waals surface area contributed by atoms with Gasteiger partial charge in [0.1, 0.15) is 16.9 Å². The van der Waals surface area contributed by atoms with Crippen LogP contribution >= 0.6 is 0 Å². The Bertz CT molecular complexity index is 1350. The maximum Gasteiger partial charge on any atom is 0.317 e. The molecule has 1 aliphatic carbocycles. The summed E-state index contributed by atoms with van der Waals surface area (Å²) in [7, 11) is 0. The van der Waals surface area contributed by atoms with E-state index in [4.69, 9.17) is 0 Å². The summed E-state index contributed by atoms with van der Waals surface area (Å²) in [6, 6.07) is 7.75. The summed E-state index contributed by atoms with van der Waals surface area (Å²) in [5, 5.41) is 16.2. The van der Waals surface area contributed by atoms with Gasteiger partial charge in [-0.05, 0) is 54.5 Å². The van der Waals surface area contributed by atoms with Crippen LogP contribution in [0, 0.1) is 11.7 Å². The zero-order chi connectivity index (χ0) is 24.5. The van der Waals surface area contributed by atoms with Crippen LogP contribution in [0.4, 0.5) is 9.18 Å². The van der Waals surface area contributed by atoms with Gasteiger partial charge >= 0.3 is 6.03 Å². The van der Waals surface area contributed by atoms with Crippen molar-refractivity contribution in [2.24, 2.45) is 5.92 Å². The second kappa shape index (κ2) is 9.36. The number of hydrogen-bond acceptors (Lipinski definition) is 5. The van der Waals surface area contributed by atoms with Crippen LogP contribution in [0.1, 0.15) is 34.3 Å². The van der Waals surface area contributed by atoms with E-state index >= 15 is 0 Å². The fourth-order valence-electron chi connectivity index (χ4n) is 4.34. The average molecular weight is 480 g/mol. The van der Waals surface area contributed by atoms with E-state index in [0.717, 1.165) is 24.0 Å². The molecule has 2 aromatic heterocycles. The third-order valence-corrected chi connectivity index (χ3v) is 6.43. The summed E-state index contributed by atoms with van der Waals surface area (Å²) in [4.78, 5) is 43.9. The molecule has 3 aromatic rings. The van der Waals surface area contributed by atoms with Gasteiger partial charge in [0.15, 0.2) is 5.75 Å². The molecule has 2 aliphatic rings. The Labute approximate surface area is 200 Å². The molecular weight excluding hydrogens is 453 g/mol. The molecule has 35 heavy (non-hydrogen) atoms. The molecule has 1 saturated carbocycles. The highest BCUT2D eigenvalue weighted by atomic mass is 19.1. The van der Waals surface area contributed by atoms with Crippen LogP contribution in [-0.4, -0.2) is 57.7 Å².